The number of carbonyl (C=O) groups excluding carboxylic acids is 1. The van der Waals surface area contributed by atoms with Gasteiger partial charge in [-0.1, -0.05) is 19.8 Å². The van der Waals surface area contributed by atoms with Crippen LogP contribution in [0.15, 0.2) is 0 Å². The Hall–Kier alpha value is 0.648. The van der Waals surface area contributed by atoms with Crippen LogP contribution in [0.5, 0.6) is 0 Å². The van der Waals surface area contributed by atoms with Gasteiger partial charge in [-0.15, -0.1) is 0 Å². The Labute approximate surface area is 164 Å². The van der Waals surface area contributed by atoms with Crippen LogP contribution in [0.1, 0.15) is 46.5 Å². The van der Waals surface area contributed by atoms with E-state index in [1.807, 2.05) is 13.8 Å². The summed E-state index contributed by atoms with van der Waals surface area (Å²) in [6.07, 6.45) is 1.72. The smallest absolute Gasteiger partial charge is 0.224 e. The molecular weight excluding hydrogens is 423 g/mol. The average molecular weight is 449 g/mol. The third-order valence-corrected chi connectivity index (χ3v) is 5.06. The van der Waals surface area contributed by atoms with E-state index in [4.69, 9.17) is 15.2 Å². The summed E-state index contributed by atoms with van der Waals surface area (Å²) in [4.78, 5) is 14.0. The first-order valence-electron chi connectivity index (χ1n) is 7.92. The Kier molecular flexibility index (Phi) is 5.62. The Balaban J connectivity index is 0.00000176. The maximum Gasteiger partial charge on any atom is 0.224 e. The molecule has 0 radical (unpaired) electrons. The van der Waals surface area contributed by atoms with Crippen LogP contribution in [0.2, 0.25) is 0 Å². The van der Waals surface area contributed by atoms with E-state index in [1.165, 1.54) is 0 Å². The maximum atomic E-state index is 12.4. The summed E-state index contributed by atoms with van der Waals surface area (Å²) in [6.45, 7) is 6.18. The largest absolute Gasteiger partial charge is 0.389 e. The summed E-state index contributed by atoms with van der Waals surface area (Å²) < 4.78 is 11.8. The SMILES string of the molecule is CCCCC1CC(=O)N2CC3OC(C)(C)OC3C2(N)C1O.[Sm]. The van der Waals surface area contributed by atoms with Gasteiger partial charge >= 0.3 is 0 Å². The van der Waals surface area contributed by atoms with E-state index in [2.05, 4.69) is 6.92 Å². The number of nitrogens with zero attached hydrogens (tertiary/aromatic N) is 1. The van der Waals surface area contributed by atoms with Crippen LogP contribution in [0.25, 0.3) is 0 Å². The molecule has 3 aliphatic heterocycles. The first-order chi connectivity index (χ1) is 9.79. The van der Waals surface area contributed by atoms with Crippen LogP contribution < -0.4 is 5.73 Å². The molecule has 0 aliphatic carbocycles. The van der Waals surface area contributed by atoms with E-state index in [9.17, 15) is 9.90 Å². The summed E-state index contributed by atoms with van der Waals surface area (Å²) in [6, 6.07) is 0. The minimum atomic E-state index is -1.16. The van der Waals surface area contributed by atoms with Gasteiger partial charge in [0.25, 0.3) is 0 Å². The second kappa shape index (κ2) is 6.51. The van der Waals surface area contributed by atoms with Gasteiger partial charge in [0.15, 0.2) is 5.79 Å². The number of ether oxygens (including phenoxy) is 2. The predicted octanol–water partition coefficient (Wildman–Crippen LogP) is 0.575. The first-order valence-corrected chi connectivity index (χ1v) is 7.92. The summed E-state index contributed by atoms with van der Waals surface area (Å²) in [5.41, 5.74) is 5.36. The molecule has 0 spiro atoms. The van der Waals surface area contributed by atoms with Gasteiger partial charge in [0, 0.05) is 46.8 Å². The van der Waals surface area contributed by atoms with Crippen molar-refractivity contribution >= 4 is 5.91 Å². The zero-order valence-corrected chi connectivity index (χ0v) is 16.1. The van der Waals surface area contributed by atoms with Gasteiger partial charge in [0.05, 0.1) is 12.6 Å². The summed E-state index contributed by atoms with van der Waals surface area (Å²) in [5, 5.41) is 10.8. The third-order valence-electron chi connectivity index (χ3n) is 5.06. The average Bonchev–Trinajstić information content (AvgIpc) is 2.85. The van der Waals surface area contributed by atoms with Gasteiger partial charge in [-0.05, 0) is 26.2 Å². The van der Waals surface area contributed by atoms with Crippen molar-refractivity contribution in [1.82, 2.24) is 4.90 Å². The monoisotopic (exact) mass is 450 g/mol. The number of amides is 1. The van der Waals surface area contributed by atoms with Gasteiger partial charge < -0.3 is 25.2 Å². The molecule has 6 nitrogen and oxygen atoms in total. The summed E-state index contributed by atoms with van der Waals surface area (Å²) in [7, 11) is 0. The number of aliphatic hydroxyl groups is 1. The van der Waals surface area contributed by atoms with Crippen molar-refractivity contribution in [2.24, 2.45) is 11.7 Å². The van der Waals surface area contributed by atoms with Crippen LogP contribution in [0.3, 0.4) is 0 Å². The van der Waals surface area contributed by atoms with Gasteiger partial charge in [0.1, 0.15) is 17.9 Å². The van der Waals surface area contributed by atoms with Gasteiger partial charge in [-0.25, -0.2) is 0 Å². The maximum absolute atomic E-state index is 12.4. The molecule has 3 rings (SSSR count). The molecule has 5 unspecified atom stereocenters. The van der Waals surface area contributed by atoms with E-state index in [0.717, 1.165) is 19.3 Å². The minimum absolute atomic E-state index is 0. The normalized spacial score (nSPS) is 42.8. The van der Waals surface area contributed by atoms with E-state index < -0.39 is 23.7 Å². The number of nitrogens with two attached hydrogens (primary N) is 1. The summed E-state index contributed by atoms with van der Waals surface area (Å²) >= 11 is 0. The number of aliphatic hydroxyl groups excluding tert-OH is 1. The van der Waals surface area contributed by atoms with Crippen molar-refractivity contribution < 1.29 is 59.8 Å². The Bertz CT molecular complexity index is 447. The van der Waals surface area contributed by atoms with Crippen LogP contribution >= 0.6 is 0 Å². The van der Waals surface area contributed by atoms with Crippen molar-refractivity contribution in [2.75, 3.05) is 6.54 Å². The van der Waals surface area contributed by atoms with E-state index in [0.29, 0.717) is 13.0 Å². The fourth-order valence-corrected chi connectivity index (χ4v) is 4.05. The Morgan fingerprint density at radius 1 is 1.41 bits per heavy atom. The first kappa shape index (κ1) is 19.0. The van der Waals surface area contributed by atoms with Crippen molar-refractivity contribution in [1.29, 1.82) is 0 Å². The van der Waals surface area contributed by atoms with Crippen LogP contribution in [-0.2, 0) is 14.3 Å². The molecule has 3 saturated heterocycles. The van der Waals surface area contributed by atoms with Gasteiger partial charge in [0.2, 0.25) is 5.91 Å². The molecule has 5 atom stereocenters. The Morgan fingerprint density at radius 2 is 2.09 bits per heavy atom. The molecule has 3 heterocycles. The molecule has 1 amide bonds. The van der Waals surface area contributed by atoms with Crippen LogP contribution in [0.4, 0.5) is 0 Å². The van der Waals surface area contributed by atoms with Gasteiger partial charge in [-0.2, -0.15) is 0 Å². The van der Waals surface area contributed by atoms with Crippen molar-refractivity contribution in [3.05, 3.63) is 0 Å². The molecule has 0 saturated carbocycles. The molecule has 22 heavy (non-hydrogen) atoms. The third kappa shape index (κ3) is 2.88. The predicted molar refractivity (Wildman–Crippen MR) is 76.1 cm³/mol. The van der Waals surface area contributed by atoms with Crippen molar-refractivity contribution in [3.63, 3.8) is 0 Å². The van der Waals surface area contributed by atoms with Crippen molar-refractivity contribution in [2.45, 2.75) is 76.2 Å². The van der Waals surface area contributed by atoms with E-state index >= 15 is 0 Å². The second-order valence-corrected chi connectivity index (χ2v) is 7.04. The quantitative estimate of drug-likeness (QED) is 0.660. The van der Waals surface area contributed by atoms with Crippen LogP contribution in [-0.4, -0.2) is 52.2 Å². The molecule has 0 aromatic rings. The fraction of sp³-hybridized carbons (Fsp3) is 0.933. The number of rotatable bonds is 3. The zero-order chi connectivity index (χ0) is 15.4. The molecule has 3 aliphatic rings. The zero-order valence-electron chi connectivity index (χ0n) is 13.4. The molecule has 3 fully saturated rings. The number of piperidine rings is 1. The fourth-order valence-electron chi connectivity index (χ4n) is 4.05. The molecule has 3 N–H and O–H groups in total. The van der Waals surface area contributed by atoms with Crippen LogP contribution in [0, 0.1) is 46.3 Å². The molecule has 0 aromatic heterocycles. The standard InChI is InChI=1S/C15H26N2O4.Sm/c1-4-5-6-9-7-11(18)17-8-10-13(15(17,16)12(9)19)21-14(2,3)20-10;/h9-10,12-13,19H,4-8,16H2,1-3H3;. The number of carbonyl (C=O) groups is 1. The minimum Gasteiger partial charge on any atom is -0.389 e. The topological polar surface area (TPSA) is 85.0 Å². The molecule has 0 bridgehead atoms. The molecular formula is C15H26N2O4Sm. The summed E-state index contributed by atoms with van der Waals surface area (Å²) in [5.74, 6) is -0.805. The molecule has 126 valence electrons. The van der Waals surface area contributed by atoms with Gasteiger partial charge in [-0.3, -0.25) is 4.79 Å². The van der Waals surface area contributed by atoms with Crippen molar-refractivity contribution in [3.8, 4) is 0 Å². The van der Waals surface area contributed by atoms with E-state index in [1.54, 1.807) is 4.90 Å². The molecule has 7 heteroatoms. The molecule has 0 aromatic carbocycles. The second-order valence-electron chi connectivity index (χ2n) is 7.04. The number of unbranched alkanes of at least 4 members (excludes halogenated alkanes) is 1. The number of hydrogen-bond acceptors (Lipinski definition) is 5. The number of hydrogen-bond donors (Lipinski definition) is 2. The number of fused-ring (bicyclic) bond motifs is 3. The Morgan fingerprint density at radius 3 is 2.73 bits per heavy atom. The van der Waals surface area contributed by atoms with E-state index in [-0.39, 0.29) is 58.3 Å².